The molecule has 2 aromatic rings. The standard InChI is InChI=1S/C23H31ClN4O3Si/c1-23(31-32(2,3)4)11-8-12-27(16-23)20-18-13-28(14-19(18)25-21(24)26-20)22(29)30-15-17-9-6-5-7-10-17/h5-7,9-10H,8,11-16H2,1-4H3/t23-/m1/s1. The zero-order valence-electron chi connectivity index (χ0n) is 19.2. The fraction of sp³-hybridized carbons (Fsp3) is 0.522. The molecule has 0 aliphatic carbocycles. The lowest BCUT2D eigenvalue weighted by atomic mass is 9.95. The Labute approximate surface area is 195 Å². The van der Waals surface area contributed by atoms with Crippen LogP contribution in [0, 0.1) is 0 Å². The van der Waals surface area contributed by atoms with E-state index in [1.807, 2.05) is 30.3 Å². The maximum absolute atomic E-state index is 12.7. The summed E-state index contributed by atoms with van der Waals surface area (Å²) < 4.78 is 12.1. The van der Waals surface area contributed by atoms with E-state index in [2.05, 4.69) is 41.4 Å². The fourth-order valence-corrected chi connectivity index (χ4v) is 6.45. The molecule has 3 heterocycles. The van der Waals surface area contributed by atoms with Crippen LogP contribution in [0.2, 0.25) is 24.9 Å². The lowest BCUT2D eigenvalue weighted by Gasteiger charge is -2.44. The van der Waals surface area contributed by atoms with Crippen molar-refractivity contribution in [2.75, 3.05) is 18.0 Å². The van der Waals surface area contributed by atoms with Gasteiger partial charge in [-0.15, -0.1) is 0 Å². The number of amides is 1. The number of benzene rings is 1. The van der Waals surface area contributed by atoms with Crippen molar-refractivity contribution in [3.63, 3.8) is 0 Å². The number of aromatic nitrogens is 2. The van der Waals surface area contributed by atoms with Crippen molar-refractivity contribution >= 4 is 31.8 Å². The molecule has 0 bridgehead atoms. The highest BCUT2D eigenvalue weighted by atomic mass is 35.5. The largest absolute Gasteiger partial charge is 0.445 e. The Hall–Kier alpha value is -2.16. The lowest BCUT2D eigenvalue weighted by molar-refractivity contribution is 0.0637. The first-order chi connectivity index (χ1) is 15.1. The zero-order chi connectivity index (χ0) is 22.9. The van der Waals surface area contributed by atoms with Crippen molar-refractivity contribution in [1.29, 1.82) is 0 Å². The zero-order valence-corrected chi connectivity index (χ0v) is 21.0. The van der Waals surface area contributed by atoms with Crippen LogP contribution < -0.4 is 4.90 Å². The van der Waals surface area contributed by atoms with Crippen molar-refractivity contribution in [2.45, 2.75) is 64.7 Å². The molecule has 172 valence electrons. The van der Waals surface area contributed by atoms with Gasteiger partial charge in [0.1, 0.15) is 12.4 Å². The van der Waals surface area contributed by atoms with Crippen LogP contribution in [-0.2, 0) is 28.9 Å². The third-order valence-corrected chi connectivity index (χ3v) is 6.98. The van der Waals surface area contributed by atoms with Gasteiger partial charge in [-0.1, -0.05) is 30.3 Å². The predicted molar refractivity (Wildman–Crippen MR) is 127 cm³/mol. The minimum Gasteiger partial charge on any atom is -0.445 e. The number of anilines is 1. The molecular weight excluding hydrogens is 444 g/mol. The van der Waals surface area contributed by atoms with Gasteiger partial charge >= 0.3 is 6.09 Å². The van der Waals surface area contributed by atoms with Crippen molar-refractivity contribution in [3.8, 4) is 0 Å². The molecule has 1 saturated heterocycles. The van der Waals surface area contributed by atoms with E-state index in [0.717, 1.165) is 48.6 Å². The number of hydrogen-bond donors (Lipinski definition) is 0. The van der Waals surface area contributed by atoms with Gasteiger partial charge < -0.3 is 14.1 Å². The Morgan fingerprint density at radius 3 is 2.66 bits per heavy atom. The Balaban J connectivity index is 1.49. The van der Waals surface area contributed by atoms with E-state index >= 15 is 0 Å². The quantitative estimate of drug-likeness (QED) is 0.449. The van der Waals surface area contributed by atoms with Crippen molar-refractivity contribution in [2.24, 2.45) is 0 Å². The highest BCUT2D eigenvalue weighted by Gasteiger charge is 2.38. The van der Waals surface area contributed by atoms with Crippen LogP contribution in [0.1, 0.15) is 36.6 Å². The Morgan fingerprint density at radius 1 is 1.19 bits per heavy atom. The van der Waals surface area contributed by atoms with Crippen LogP contribution in [0.4, 0.5) is 10.6 Å². The molecule has 0 unspecified atom stereocenters. The number of hydrogen-bond acceptors (Lipinski definition) is 6. The number of piperidine rings is 1. The first kappa shape index (κ1) is 23.0. The summed E-state index contributed by atoms with van der Waals surface area (Å²) in [6.07, 6.45) is 1.67. The van der Waals surface area contributed by atoms with E-state index in [4.69, 9.17) is 20.8 Å². The summed E-state index contributed by atoms with van der Waals surface area (Å²) >= 11 is 6.29. The SMILES string of the molecule is C[C@@]1(O[Si](C)(C)C)CCCN(c2nc(Cl)nc3c2CN(C(=O)OCc2ccccc2)C3)C1. The number of nitrogens with zero attached hydrogens (tertiary/aromatic N) is 4. The normalized spacial score (nSPS) is 20.9. The molecule has 4 rings (SSSR count). The second kappa shape index (κ2) is 9.00. The topological polar surface area (TPSA) is 67.8 Å². The summed E-state index contributed by atoms with van der Waals surface area (Å²) in [5, 5.41) is 0.205. The van der Waals surface area contributed by atoms with Gasteiger partial charge in [-0.25, -0.2) is 14.8 Å². The summed E-state index contributed by atoms with van der Waals surface area (Å²) in [5.74, 6) is 0.809. The van der Waals surface area contributed by atoms with Crippen LogP contribution >= 0.6 is 11.6 Å². The van der Waals surface area contributed by atoms with Gasteiger partial charge in [0.15, 0.2) is 8.32 Å². The number of ether oxygens (including phenoxy) is 1. The Kier molecular flexibility index (Phi) is 6.47. The summed E-state index contributed by atoms with van der Waals surface area (Å²) in [4.78, 5) is 25.6. The first-order valence-corrected chi connectivity index (χ1v) is 14.9. The van der Waals surface area contributed by atoms with E-state index in [1.54, 1.807) is 4.90 Å². The second-order valence-corrected chi connectivity index (χ2v) is 14.6. The van der Waals surface area contributed by atoms with E-state index in [9.17, 15) is 4.79 Å². The number of carbonyl (C=O) groups is 1. The van der Waals surface area contributed by atoms with E-state index in [0.29, 0.717) is 13.1 Å². The van der Waals surface area contributed by atoms with E-state index in [-0.39, 0.29) is 23.6 Å². The van der Waals surface area contributed by atoms with Crippen LogP contribution in [0.5, 0.6) is 0 Å². The number of halogens is 1. The van der Waals surface area contributed by atoms with Gasteiger partial charge in [0.05, 0.1) is 24.4 Å². The molecule has 0 N–H and O–H groups in total. The van der Waals surface area contributed by atoms with E-state index in [1.165, 1.54) is 0 Å². The molecule has 2 aliphatic heterocycles. The van der Waals surface area contributed by atoms with E-state index < -0.39 is 8.32 Å². The minimum atomic E-state index is -1.70. The average Bonchev–Trinajstić information content (AvgIpc) is 3.14. The van der Waals surface area contributed by atoms with Gasteiger partial charge in [-0.05, 0) is 56.6 Å². The molecule has 7 nitrogen and oxygen atoms in total. The van der Waals surface area contributed by atoms with Gasteiger partial charge in [-0.2, -0.15) is 0 Å². The van der Waals surface area contributed by atoms with Gasteiger partial charge in [0.25, 0.3) is 0 Å². The van der Waals surface area contributed by atoms with Crippen molar-refractivity contribution < 1.29 is 14.0 Å². The summed E-state index contributed by atoms with van der Waals surface area (Å²) in [5.41, 5.74) is 2.47. The molecular formula is C23H31ClN4O3Si. The number of fused-ring (bicyclic) bond motifs is 1. The van der Waals surface area contributed by atoms with Crippen LogP contribution in [0.15, 0.2) is 30.3 Å². The van der Waals surface area contributed by atoms with Crippen molar-refractivity contribution in [1.82, 2.24) is 14.9 Å². The maximum atomic E-state index is 12.7. The lowest BCUT2D eigenvalue weighted by Crippen LogP contribution is -2.52. The summed E-state index contributed by atoms with van der Waals surface area (Å²) in [6, 6.07) is 9.66. The third kappa shape index (κ3) is 5.42. The first-order valence-electron chi connectivity index (χ1n) is 11.1. The molecule has 0 radical (unpaired) electrons. The maximum Gasteiger partial charge on any atom is 0.410 e. The molecule has 1 aromatic heterocycles. The average molecular weight is 475 g/mol. The molecule has 2 aliphatic rings. The fourth-order valence-electron chi connectivity index (χ4n) is 4.62. The molecule has 9 heteroatoms. The van der Waals surface area contributed by atoms with Gasteiger partial charge in [0, 0.05) is 18.7 Å². The predicted octanol–water partition coefficient (Wildman–Crippen LogP) is 4.99. The number of rotatable bonds is 5. The molecule has 1 atom stereocenters. The van der Waals surface area contributed by atoms with Crippen LogP contribution in [0.25, 0.3) is 0 Å². The smallest absolute Gasteiger partial charge is 0.410 e. The van der Waals surface area contributed by atoms with Crippen molar-refractivity contribution in [3.05, 3.63) is 52.4 Å². The molecule has 0 saturated carbocycles. The molecule has 0 spiro atoms. The summed E-state index contributed by atoms with van der Waals surface area (Å²) in [7, 11) is -1.70. The highest BCUT2D eigenvalue weighted by Crippen LogP contribution is 2.35. The highest BCUT2D eigenvalue weighted by molar-refractivity contribution is 6.69. The minimum absolute atomic E-state index is 0.205. The monoisotopic (exact) mass is 474 g/mol. The second-order valence-electron chi connectivity index (χ2n) is 9.83. The van der Waals surface area contributed by atoms with Crippen LogP contribution in [0.3, 0.4) is 0 Å². The third-order valence-electron chi connectivity index (χ3n) is 5.71. The summed E-state index contributed by atoms with van der Waals surface area (Å²) in [6.45, 7) is 11.5. The number of carbonyl (C=O) groups excluding carboxylic acids is 1. The Bertz CT molecular complexity index is 985. The molecule has 1 aromatic carbocycles. The van der Waals surface area contributed by atoms with Gasteiger partial charge in [-0.3, -0.25) is 4.90 Å². The van der Waals surface area contributed by atoms with Gasteiger partial charge in [0.2, 0.25) is 5.28 Å². The van der Waals surface area contributed by atoms with Crippen LogP contribution in [-0.4, -0.2) is 48.0 Å². The molecule has 1 fully saturated rings. The molecule has 32 heavy (non-hydrogen) atoms. The molecule has 1 amide bonds. The Morgan fingerprint density at radius 2 is 1.94 bits per heavy atom.